The second-order valence-corrected chi connectivity index (χ2v) is 4.70. The Labute approximate surface area is 120 Å². The maximum absolute atomic E-state index is 11.6. The molecule has 112 valence electrons. The minimum Gasteiger partial charge on any atom is -0.383 e. The van der Waals surface area contributed by atoms with Crippen molar-refractivity contribution in [3.63, 3.8) is 0 Å². The average Bonchev–Trinajstić information content (AvgIpc) is 2.35. The van der Waals surface area contributed by atoms with Crippen molar-refractivity contribution in [2.24, 2.45) is 11.7 Å². The van der Waals surface area contributed by atoms with Crippen molar-refractivity contribution >= 4 is 24.2 Å². The first-order chi connectivity index (χ1) is 8.63. The summed E-state index contributed by atoms with van der Waals surface area (Å²) in [6.45, 7) is 1.51. The molecule has 2 unspecified atom stereocenters. The van der Waals surface area contributed by atoms with Gasteiger partial charge in [0.15, 0.2) is 0 Å². The van der Waals surface area contributed by atoms with Crippen LogP contribution >= 0.6 is 12.4 Å². The summed E-state index contributed by atoms with van der Waals surface area (Å²) in [6, 6.07) is 0.0768. The maximum Gasteiger partial charge on any atom is 0.234 e. The van der Waals surface area contributed by atoms with E-state index in [1.54, 1.807) is 7.11 Å². The third-order valence-electron chi connectivity index (χ3n) is 3.21. The molecule has 4 N–H and O–H groups in total. The molecule has 0 spiro atoms. The molecule has 0 aromatic rings. The molecule has 1 aliphatic rings. The molecule has 0 aliphatic heterocycles. The predicted octanol–water partition coefficient (Wildman–Crippen LogP) is -0.195. The molecule has 1 saturated carbocycles. The van der Waals surface area contributed by atoms with Crippen LogP contribution in [0, 0.1) is 5.92 Å². The number of nitrogens with two attached hydrogens (primary N) is 1. The number of ether oxygens (including phenoxy) is 1. The Bertz CT molecular complexity index is 289. The van der Waals surface area contributed by atoms with E-state index in [-0.39, 0.29) is 42.7 Å². The Morgan fingerprint density at radius 1 is 1.37 bits per heavy atom. The Kier molecular flexibility index (Phi) is 9.55. The highest BCUT2D eigenvalue weighted by atomic mass is 35.5. The molecule has 2 amide bonds. The van der Waals surface area contributed by atoms with Crippen LogP contribution in [0.2, 0.25) is 0 Å². The molecule has 0 heterocycles. The lowest BCUT2D eigenvalue weighted by molar-refractivity contribution is -0.125. The number of carbonyl (C=O) groups excluding carboxylic acids is 2. The van der Waals surface area contributed by atoms with E-state index in [0.29, 0.717) is 19.6 Å². The molecular formula is C12H24ClN3O3. The average molecular weight is 294 g/mol. The van der Waals surface area contributed by atoms with E-state index in [4.69, 9.17) is 10.5 Å². The zero-order valence-corrected chi connectivity index (χ0v) is 12.1. The summed E-state index contributed by atoms with van der Waals surface area (Å²) < 4.78 is 4.87. The fraction of sp³-hybridized carbons (Fsp3) is 0.833. The quantitative estimate of drug-likeness (QED) is 0.567. The largest absolute Gasteiger partial charge is 0.383 e. The van der Waals surface area contributed by atoms with E-state index < -0.39 is 0 Å². The number of halogens is 1. The first-order valence-electron chi connectivity index (χ1n) is 6.41. The molecule has 7 heteroatoms. The summed E-state index contributed by atoms with van der Waals surface area (Å²) in [4.78, 5) is 22.7. The normalized spacial score (nSPS) is 22.4. The molecule has 1 rings (SSSR count). The zero-order chi connectivity index (χ0) is 13.4. The van der Waals surface area contributed by atoms with E-state index in [1.807, 2.05) is 0 Å². The lowest BCUT2D eigenvalue weighted by Crippen LogP contribution is -2.44. The minimum absolute atomic E-state index is 0. The fourth-order valence-corrected chi connectivity index (χ4v) is 2.23. The van der Waals surface area contributed by atoms with Gasteiger partial charge in [-0.25, -0.2) is 0 Å². The zero-order valence-electron chi connectivity index (χ0n) is 11.3. The molecule has 0 radical (unpaired) electrons. The molecule has 6 nitrogen and oxygen atoms in total. The molecule has 2 atom stereocenters. The van der Waals surface area contributed by atoms with Crippen LogP contribution in [-0.2, 0) is 14.3 Å². The van der Waals surface area contributed by atoms with Crippen molar-refractivity contribution in [2.45, 2.75) is 31.7 Å². The lowest BCUT2D eigenvalue weighted by atomic mass is 9.85. The lowest BCUT2D eigenvalue weighted by Gasteiger charge is -2.27. The Balaban J connectivity index is 0.00000324. The van der Waals surface area contributed by atoms with E-state index in [0.717, 1.165) is 19.3 Å². The summed E-state index contributed by atoms with van der Waals surface area (Å²) in [5.41, 5.74) is 5.30. The highest BCUT2D eigenvalue weighted by Gasteiger charge is 2.26. The standard InChI is InChI=1S/C12H23N3O3.ClH/c1-18-6-5-14-8-11(16)15-10-4-2-3-9(7-10)12(13)17;/h9-10,14H,2-8H2,1H3,(H2,13,17)(H,15,16);1H. The fourth-order valence-electron chi connectivity index (χ4n) is 2.23. The van der Waals surface area contributed by atoms with E-state index >= 15 is 0 Å². The highest BCUT2D eigenvalue weighted by Crippen LogP contribution is 2.23. The van der Waals surface area contributed by atoms with Gasteiger partial charge < -0.3 is 21.1 Å². The number of carbonyl (C=O) groups is 2. The van der Waals surface area contributed by atoms with Gasteiger partial charge in [-0.05, 0) is 19.3 Å². The van der Waals surface area contributed by atoms with Crippen LogP contribution < -0.4 is 16.4 Å². The van der Waals surface area contributed by atoms with Crippen molar-refractivity contribution < 1.29 is 14.3 Å². The van der Waals surface area contributed by atoms with E-state index in [1.165, 1.54) is 0 Å². The van der Waals surface area contributed by atoms with Gasteiger partial charge in [0.2, 0.25) is 11.8 Å². The number of amides is 2. The van der Waals surface area contributed by atoms with Crippen LogP contribution in [0.1, 0.15) is 25.7 Å². The maximum atomic E-state index is 11.6. The van der Waals surface area contributed by atoms with Crippen molar-refractivity contribution in [3.05, 3.63) is 0 Å². The number of hydrogen-bond acceptors (Lipinski definition) is 4. The summed E-state index contributed by atoms with van der Waals surface area (Å²) in [5, 5.41) is 5.91. The molecule has 0 bridgehead atoms. The summed E-state index contributed by atoms with van der Waals surface area (Å²) >= 11 is 0. The minimum atomic E-state index is -0.257. The first-order valence-corrected chi connectivity index (χ1v) is 6.41. The van der Waals surface area contributed by atoms with Crippen LogP contribution in [-0.4, -0.2) is 44.7 Å². The van der Waals surface area contributed by atoms with Gasteiger partial charge in [0.25, 0.3) is 0 Å². The monoisotopic (exact) mass is 293 g/mol. The van der Waals surface area contributed by atoms with Crippen LogP contribution in [0.4, 0.5) is 0 Å². The molecule has 0 saturated heterocycles. The SMILES string of the molecule is COCCNCC(=O)NC1CCCC(C(N)=O)C1.Cl. The highest BCUT2D eigenvalue weighted by molar-refractivity contribution is 5.85. The molecule has 1 fully saturated rings. The van der Waals surface area contributed by atoms with Crippen LogP contribution in [0.3, 0.4) is 0 Å². The Morgan fingerprint density at radius 2 is 2.11 bits per heavy atom. The third kappa shape index (κ3) is 7.34. The Morgan fingerprint density at radius 3 is 2.74 bits per heavy atom. The van der Waals surface area contributed by atoms with Crippen molar-refractivity contribution in [3.8, 4) is 0 Å². The Hall–Kier alpha value is -0.850. The van der Waals surface area contributed by atoms with Gasteiger partial charge in [0.1, 0.15) is 0 Å². The second kappa shape index (κ2) is 10.00. The molecule has 0 aromatic carbocycles. The van der Waals surface area contributed by atoms with Crippen LogP contribution in [0.15, 0.2) is 0 Å². The van der Waals surface area contributed by atoms with Crippen molar-refractivity contribution in [2.75, 3.05) is 26.8 Å². The number of rotatable bonds is 7. The van der Waals surface area contributed by atoms with E-state index in [2.05, 4.69) is 10.6 Å². The summed E-state index contributed by atoms with van der Waals surface area (Å²) in [6.07, 6.45) is 3.37. The van der Waals surface area contributed by atoms with E-state index in [9.17, 15) is 9.59 Å². The second-order valence-electron chi connectivity index (χ2n) is 4.70. The molecule has 0 aromatic heterocycles. The van der Waals surface area contributed by atoms with Gasteiger partial charge in [0.05, 0.1) is 13.2 Å². The van der Waals surface area contributed by atoms with Gasteiger partial charge in [0, 0.05) is 25.6 Å². The summed E-state index contributed by atoms with van der Waals surface area (Å²) in [5.74, 6) is -0.390. The number of methoxy groups -OCH3 is 1. The number of primary amides is 1. The third-order valence-corrected chi connectivity index (χ3v) is 3.21. The van der Waals surface area contributed by atoms with Crippen molar-refractivity contribution in [1.82, 2.24) is 10.6 Å². The van der Waals surface area contributed by atoms with Crippen LogP contribution in [0.5, 0.6) is 0 Å². The molecule has 19 heavy (non-hydrogen) atoms. The van der Waals surface area contributed by atoms with Gasteiger partial charge in [-0.1, -0.05) is 6.42 Å². The smallest absolute Gasteiger partial charge is 0.234 e. The van der Waals surface area contributed by atoms with Gasteiger partial charge in [-0.15, -0.1) is 12.4 Å². The van der Waals surface area contributed by atoms with Gasteiger partial charge in [-0.3, -0.25) is 9.59 Å². The van der Waals surface area contributed by atoms with Crippen LogP contribution in [0.25, 0.3) is 0 Å². The molecular weight excluding hydrogens is 270 g/mol. The predicted molar refractivity (Wildman–Crippen MR) is 75.1 cm³/mol. The number of hydrogen-bond donors (Lipinski definition) is 3. The molecule has 1 aliphatic carbocycles. The first kappa shape index (κ1) is 18.1. The summed E-state index contributed by atoms with van der Waals surface area (Å²) in [7, 11) is 1.62. The van der Waals surface area contributed by atoms with Gasteiger partial charge in [-0.2, -0.15) is 0 Å². The van der Waals surface area contributed by atoms with Gasteiger partial charge >= 0.3 is 0 Å². The topological polar surface area (TPSA) is 93.4 Å². The number of nitrogens with one attached hydrogen (secondary N) is 2. The van der Waals surface area contributed by atoms with Crippen molar-refractivity contribution in [1.29, 1.82) is 0 Å².